The summed E-state index contributed by atoms with van der Waals surface area (Å²) >= 11 is 0. The lowest BCUT2D eigenvalue weighted by Gasteiger charge is -2.06. The van der Waals surface area contributed by atoms with Gasteiger partial charge in [-0.2, -0.15) is 0 Å². The number of nitrogens with one attached hydrogen (secondary N) is 1. The number of amides is 1. The zero-order valence-electron chi connectivity index (χ0n) is 10.1. The van der Waals surface area contributed by atoms with Crippen molar-refractivity contribution < 1.29 is 4.79 Å². The van der Waals surface area contributed by atoms with E-state index in [-0.39, 0.29) is 0 Å². The number of aromatic nitrogens is 2. The second-order valence-electron chi connectivity index (χ2n) is 4.30. The maximum absolute atomic E-state index is 11.4. The molecule has 1 amide bonds. The van der Waals surface area contributed by atoms with E-state index in [1.54, 1.807) is 24.7 Å². The smallest absolute Gasteiger partial charge is 0.250 e. The molecule has 5 heteroatoms. The monoisotopic (exact) mass is 252 g/mol. The molecule has 2 aromatic heterocycles. The molecule has 3 rings (SSSR count). The second kappa shape index (κ2) is 4.13. The van der Waals surface area contributed by atoms with Crippen molar-refractivity contribution in [2.45, 2.75) is 0 Å². The van der Waals surface area contributed by atoms with Gasteiger partial charge in [-0.3, -0.25) is 9.78 Å². The van der Waals surface area contributed by atoms with Gasteiger partial charge in [-0.05, 0) is 23.8 Å². The van der Waals surface area contributed by atoms with E-state index in [2.05, 4.69) is 9.97 Å². The molecular formula is C14H12N4O. The van der Waals surface area contributed by atoms with Crippen LogP contribution in [0.2, 0.25) is 0 Å². The molecule has 0 atom stereocenters. The van der Waals surface area contributed by atoms with E-state index in [0.29, 0.717) is 11.3 Å². The number of benzene rings is 1. The molecule has 0 bridgehead atoms. The Balaban J connectivity index is 2.29. The number of anilines is 1. The van der Waals surface area contributed by atoms with Crippen LogP contribution in [-0.4, -0.2) is 15.9 Å². The van der Waals surface area contributed by atoms with Gasteiger partial charge >= 0.3 is 0 Å². The van der Waals surface area contributed by atoms with Crippen LogP contribution >= 0.6 is 0 Å². The average molecular weight is 252 g/mol. The van der Waals surface area contributed by atoms with E-state index < -0.39 is 5.91 Å². The Kier molecular flexibility index (Phi) is 2.45. The molecule has 94 valence electrons. The number of nitrogen functional groups attached to an aromatic ring is 1. The maximum atomic E-state index is 11.4. The molecule has 5 nitrogen and oxygen atoms in total. The quantitative estimate of drug-likeness (QED) is 0.649. The van der Waals surface area contributed by atoms with Gasteiger partial charge in [0, 0.05) is 29.5 Å². The van der Waals surface area contributed by atoms with Crippen LogP contribution in [0.15, 0.2) is 42.9 Å². The molecule has 0 saturated heterocycles. The van der Waals surface area contributed by atoms with E-state index in [4.69, 9.17) is 11.5 Å². The van der Waals surface area contributed by atoms with Crippen molar-refractivity contribution in [2.75, 3.05) is 5.73 Å². The minimum atomic E-state index is -0.454. The molecule has 3 aromatic rings. The number of H-pyrrole nitrogens is 1. The largest absolute Gasteiger partial charge is 0.397 e. The van der Waals surface area contributed by atoms with Crippen LogP contribution in [0.3, 0.4) is 0 Å². The molecule has 0 fully saturated rings. The Morgan fingerprint density at radius 3 is 2.79 bits per heavy atom. The lowest BCUT2D eigenvalue weighted by atomic mass is 10.00. The highest BCUT2D eigenvalue weighted by Gasteiger charge is 2.12. The summed E-state index contributed by atoms with van der Waals surface area (Å²) in [6, 6.07) is 7.31. The average Bonchev–Trinajstić information content (AvgIpc) is 2.86. The minimum absolute atomic E-state index is 0.454. The summed E-state index contributed by atoms with van der Waals surface area (Å²) < 4.78 is 0. The van der Waals surface area contributed by atoms with E-state index in [1.165, 1.54) is 0 Å². The summed E-state index contributed by atoms with van der Waals surface area (Å²) in [5, 5.41) is 0.920. The molecule has 0 saturated carbocycles. The summed E-state index contributed by atoms with van der Waals surface area (Å²) in [5.41, 5.74) is 14.8. The highest BCUT2D eigenvalue weighted by Crippen LogP contribution is 2.30. The van der Waals surface area contributed by atoms with Crippen molar-refractivity contribution in [2.24, 2.45) is 5.73 Å². The number of carbonyl (C=O) groups excluding carboxylic acids is 1. The summed E-state index contributed by atoms with van der Waals surface area (Å²) in [5.74, 6) is -0.454. The first-order valence-electron chi connectivity index (χ1n) is 5.77. The number of nitrogens with zero attached hydrogens (tertiary/aromatic N) is 1. The van der Waals surface area contributed by atoms with Crippen molar-refractivity contribution in [1.82, 2.24) is 9.97 Å². The van der Waals surface area contributed by atoms with Crippen LogP contribution < -0.4 is 11.5 Å². The van der Waals surface area contributed by atoms with Gasteiger partial charge in [0.1, 0.15) is 0 Å². The van der Waals surface area contributed by atoms with Crippen molar-refractivity contribution >= 4 is 22.5 Å². The maximum Gasteiger partial charge on any atom is 0.250 e. The van der Waals surface area contributed by atoms with Gasteiger partial charge in [-0.15, -0.1) is 0 Å². The molecule has 0 radical (unpaired) electrons. The second-order valence-corrected chi connectivity index (χ2v) is 4.30. The van der Waals surface area contributed by atoms with E-state index in [1.807, 2.05) is 18.2 Å². The minimum Gasteiger partial charge on any atom is -0.397 e. The predicted molar refractivity (Wildman–Crippen MR) is 74.5 cm³/mol. The van der Waals surface area contributed by atoms with Crippen LogP contribution in [0.4, 0.5) is 5.69 Å². The van der Waals surface area contributed by atoms with Gasteiger partial charge in [0.05, 0.1) is 16.8 Å². The van der Waals surface area contributed by atoms with E-state index >= 15 is 0 Å². The van der Waals surface area contributed by atoms with Crippen LogP contribution in [0.1, 0.15) is 10.4 Å². The zero-order chi connectivity index (χ0) is 13.4. The van der Waals surface area contributed by atoms with Gasteiger partial charge in [0.15, 0.2) is 0 Å². The predicted octanol–water partition coefficient (Wildman–Crippen LogP) is 1.91. The molecule has 0 aliphatic heterocycles. The van der Waals surface area contributed by atoms with Crippen molar-refractivity contribution in [3.63, 3.8) is 0 Å². The van der Waals surface area contributed by atoms with E-state index in [9.17, 15) is 4.79 Å². The summed E-state index contributed by atoms with van der Waals surface area (Å²) in [4.78, 5) is 18.5. The Labute approximate surface area is 109 Å². The van der Waals surface area contributed by atoms with Gasteiger partial charge in [-0.1, -0.05) is 6.07 Å². The number of pyridine rings is 1. The number of aromatic amines is 1. The molecule has 0 spiro atoms. The fraction of sp³-hybridized carbons (Fsp3) is 0. The van der Waals surface area contributed by atoms with Gasteiger partial charge in [-0.25, -0.2) is 0 Å². The van der Waals surface area contributed by atoms with Crippen LogP contribution in [-0.2, 0) is 0 Å². The van der Waals surface area contributed by atoms with Crippen LogP contribution in [0, 0.1) is 0 Å². The Hall–Kier alpha value is -2.82. The van der Waals surface area contributed by atoms with Gasteiger partial charge < -0.3 is 16.5 Å². The SMILES string of the molecule is NC(=O)c1ccc(-c2cncc(N)c2)c2cc[nH]c12. The summed E-state index contributed by atoms with van der Waals surface area (Å²) in [7, 11) is 0. The van der Waals surface area contributed by atoms with Crippen molar-refractivity contribution in [1.29, 1.82) is 0 Å². The summed E-state index contributed by atoms with van der Waals surface area (Å²) in [6.45, 7) is 0. The topological polar surface area (TPSA) is 97.8 Å². The van der Waals surface area contributed by atoms with Crippen molar-refractivity contribution in [3.8, 4) is 11.1 Å². The number of carbonyl (C=O) groups is 1. The molecule has 1 aromatic carbocycles. The van der Waals surface area contributed by atoms with Crippen molar-refractivity contribution in [3.05, 3.63) is 48.4 Å². The van der Waals surface area contributed by atoms with Crippen LogP contribution in [0.5, 0.6) is 0 Å². The standard InChI is InChI=1S/C14H12N4O/c15-9-5-8(6-17-7-9)10-1-2-12(14(16)19)13-11(10)3-4-18-13/h1-7,18H,15H2,(H2,16,19). The normalized spacial score (nSPS) is 10.7. The zero-order valence-corrected chi connectivity index (χ0v) is 10.1. The first kappa shape index (κ1) is 11.3. The molecule has 2 heterocycles. The molecule has 0 unspecified atom stereocenters. The van der Waals surface area contributed by atoms with Crippen LogP contribution in [0.25, 0.3) is 22.0 Å². The molecule has 19 heavy (non-hydrogen) atoms. The number of rotatable bonds is 2. The lowest BCUT2D eigenvalue weighted by molar-refractivity contribution is 0.100. The Morgan fingerprint density at radius 1 is 1.21 bits per heavy atom. The number of nitrogens with two attached hydrogens (primary N) is 2. The highest BCUT2D eigenvalue weighted by atomic mass is 16.1. The first-order valence-corrected chi connectivity index (χ1v) is 5.77. The highest BCUT2D eigenvalue weighted by molar-refractivity contribution is 6.09. The Morgan fingerprint density at radius 2 is 2.05 bits per heavy atom. The third-order valence-corrected chi connectivity index (χ3v) is 3.06. The molecule has 0 aliphatic carbocycles. The third kappa shape index (κ3) is 1.81. The Bertz CT molecular complexity index is 776. The van der Waals surface area contributed by atoms with Gasteiger partial charge in [0.2, 0.25) is 0 Å². The van der Waals surface area contributed by atoms with E-state index in [0.717, 1.165) is 22.0 Å². The fourth-order valence-electron chi connectivity index (χ4n) is 2.22. The number of fused-ring (bicyclic) bond motifs is 1. The third-order valence-electron chi connectivity index (χ3n) is 3.06. The summed E-state index contributed by atoms with van der Waals surface area (Å²) in [6.07, 6.45) is 5.11. The molecule has 0 aliphatic rings. The lowest BCUT2D eigenvalue weighted by Crippen LogP contribution is -2.11. The first-order chi connectivity index (χ1) is 9.16. The molecular weight excluding hydrogens is 240 g/mol. The number of hydrogen-bond acceptors (Lipinski definition) is 3. The number of hydrogen-bond donors (Lipinski definition) is 3. The fourth-order valence-corrected chi connectivity index (χ4v) is 2.22. The number of primary amides is 1. The van der Waals surface area contributed by atoms with Gasteiger partial charge in [0.25, 0.3) is 5.91 Å². The molecule has 5 N–H and O–H groups in total.